The first-order valence-corrected chi connectivity index (χ1v) is 7.86. The third-order valence-electron chi connectivity index (χ3n) is 3.88. The van der Waals surface area contributed by atoms with E-state index in [2.05, 4.69) is 9.97 Å². The number of nitriles is 1. The molecule has 0 bridgehead atoms. The maximum Gasteiger partial charge on any atom is 0.412 e. The van der Waals surface area contributed by atoms with E-state index in [4.69, 9.17) is 0 Å². The van der Waals surface area contributed by atoms with Crippen LogP contribution in [0.2, 0.25) is 0 Å². The van der Waals surface area contributed by atoms with E-state index in [0.717, 1.165) is 0 Å². The molecule has 0 saturated carbocycles. The van der Waals surface area contributed by atoms with Gasteiger partial charge in [0.05, 0.1) is 0 Å². The Labute approximate surface area is 152 Å². The van der Waals surface area contributed by atoms with Gasteiger partial charge in [0.25, 0.3) is 5.91 Å². The van der Waals surface area contributed by atoms with Crippen LogP contribution >= 0.6 is 0 Å². The van der Waals surface area contributed by atoms with Crippen LogP contribution in [-0.4, -0.2) is 22.1 Å². The van der Waals surface area contributed by atoms with E-state index in [9.17, 15) is 23.2 Å². The third kappa shape index (κ3) is 3.98. The van der Waals surface area contributed by atoms with Crippen molar-refractivity contribution >= 4 is 23.0 Å². The summed E-state index contributed by atoms with van der Waals surface area (Å²) in [6.07, 6.45) is -0.380. The summed E-state index contributed by atoms with van der Waals surface area (Å²) in [5.74, 6) is -1.11. The smallest absolute Gasteiger partial charge is 0.346 e. The van der Waals surface area contributed by atoms with Crippen LogP contribution < -0.4 is 5.32 Å². The number of aromatic nitrogens is 2. The number of pyridine rings is 1. The van der Waals surface area contributed by atoms with Gasteiger partial charge in [-0.05, 0) is 23.8 Å². The SMILES string of the molecule is N#C/C(=C\c1c[nH]c2ncccc12)C(=O)N[C@@H](c1ccccc1)C(F)(F)F. The zero-order valence-electron chi connectivity index (χ0n) is 13.8. The fourth-order valence-corrected chi connectivity index (χ4v) is 2.61. The summed E-state index contributed by atoms with van der Waals surface area (Å²) in [6.45, 7) is 0. The van der Waals surface area contributed by atoms with Gasteiger partial charge < -0.3 is 10.3 Å². The summed E-state index contributed by atoms with van der Waals surface area (Å²) < 4.78 is 40.2. The first-order valence-electron chi connectivity index (χ1n) is 7.86. The van der Waals surface area contributed by atoms with E-state index >= 15 is 0 Å². The second kappa shape index (κ2) is 7.33. The number of benzene rings is 1. The third-order valence-corrected chi connectivity index (χ3v) is 3.88. The molecule has 0 fully saturated rings. The topological polar surface area (TPSA) is 81.6 Å². The average Bonchev–Trinajstić information content (AvgIpc) is 3.06. The van der Waals surface area contributed by atoms with Crippen LogP contribution in [-0.2, 0) is 4.79 Å². The highest BCUT2D eigenvalue weighted by Gasteiger charge is 2.42. The Morgan fingerprint density at radius 2 is 1.96 bits per heavy atom. The van der Waals surface area contributed by atoms with Crippen LogP contribution in [0, 0.1) is 11.3 Å². The molecule has 8 heteroatoms. The van der Waals surface area contributed by atoms with Gasteiger partial charge in [-0.1, -0.05) is 30.3 Å². The lowest BCUT2D eigenvalue weighted by Crippen LogP contribution is -2.38. The Kier molecular flexibility index (Phi) is 4.94. The predicted molar refractivity (Wildman–Crippen MR) is 93.1 cm³/mol. The number of nitrogens with one attached hydrogen (secondary N) is 2. The van der Waals surface area contributed by atoms with Crippen LogP contribution in [0.15, 0.2) is 60.4 Å². The van der Waals surface area contributed by atoms with Crippen molar-refractivity contribution in [1.82, 2.24) is 15.3 Å². The Hall–Kier alpha value is -3.60. The lowest BCUT2D eigenvalue weighted by molar-refractivity contribution is -0.162. The number of nitrogens with zero attached hydrogens (tertiary/aromatic N) is 2. The Balaban J connectivity index is 1.91. The van der Waals surface area contributed by atoms with Crippen LogP contribution in [0.5, 0.6) is 0 Å². The summed E-state index contributed by atoms with van der Waals surface area (Å²) in [4.78, 5) is 19.3. The molecular formula is C19H13F3N4O. The lowest BCUT2D eigenvalue weighted by Gasteiger charge is -2.21. The molecule has 0 spiro atoms. The number of halogens is 3. The second-order valence-corrected chi connectivity index (χ2v) is 5.67. The molecule has 0 aliphatic heterocycles. The van der Waals surface area contributed by atoms with E-state index in [1.165, 1.54) is 36.5 Å². The highest BCUT2D eigenvalue weighted by Crippen LogP contribution is 2.32. The van der Waals surface area contributed by atoms with Crippen molar-refractivity contribution in [2.45, 2.75) is 12.2 Å². The summed E-state index contributed by atoms with van der Waals surface area (Å²) in [6, 6.07) is 9.83. The number of aromatic amines is 1. The fourth-order valence-electron chi connectivity index (χ4n) is 2.61. The van der Waals surface area contributed by atoms with Gasteiger partial charge in [0.2, 0.25) is 0 Å². The maximum atomic E-state index is 13.4. The summed E-state index contributed by atoms with van der Waals surface area (Å²) in [5.41, 5.74) is 0.462. The van der Waals surface area contributed by atoms with Crippen molar-refractivity contribution < 1.29 is 18.0 Å². The van der Waals surface area contributed by atoms with Gasteiger partial charge >= 0.3 is 6.18 Å². The summed E-state index contributed by atoms with van der Waals surface area (Å²) >= 11 is 0. The lowest BCUT2D eigenvalue weighted by atomic mass is 10.1. The van der Waals surface area contributed by atoms with Gasteiger partial charge in [0.15, 0.2) is 6.04 Å². The molecule has 0 aliphatic carbocycles. The molecule has 2 aromatic heterocycles. The molecule has 27 heavy (non-hydrogen) atoms. The van der Waals surface area contributed by atoms with Crippen LogP contribution in [0.4, 0.5) is 13.2 Å². The minimum atomic E-state index is -4.71. The number of fused-ring (bicyclic) bond motifs is 1. The standard InChI is InChI=1S/C19H13F3N4O/c20-19(21,22)16(12-5-2-1-3-6-12)26-18(27)13(10-23)9-14-11-25-17-15(14)7-4-8-24-17/h1-9,11,16H,(H,24,25)(H,26,27)/b13-9+/t16-/m0/s1. The Morgan fingerprint density at radius 1 is 1.22 bits per heavy atom. The van der Waals surface area contributed by atoms with Crippen molar-refractivity contribution in [2.24, 2.45) is 0 Å². The molecular weight excluding hydrogens is 357 g/mol. The highest BCUT2D eigenvalue weighted by molar-refractivity contribution is 6.03. The summed E-state index contributed by atoms with van der Waals surface area (Å²) in [7, 11) is 0. The molecule has 1 amide bonds. The van der Waals surface area contributed by atoms with Crippen LogP contribution in [0.1, 0.15) is 17.2 Å². The molecule has 2 heterocycles. The Bertz CT molecular complexity index is 1030. The number of alkyl halides is 3. The monoisotopic (exact) mass is 370 g/mol. The average molecular weight is 370 g/mol. The number of hydrogen-bond acceptors (Lipinski definition) is 3. The van der Waals surface area contributed by atoms with Crippen molar-refractivity contribution in [3.8, 4) is 6.07 Å². The molecule has 0 saturated heterocycles. The van der Waals surface area contributed by atoms with Crippen LogP contribution in [0.25, 0.3) is 17.1 Å². The number of amides is 1. The Morgan fingerprint density at radius 3 is 2.63 bits per heavy atom. The van der Waals surface area contributed by atoms with Crippen molar-refractivity contribution in [3.05, 3.63) is 71.6 Å². The van der Waals surface area contributed by atoms with Crippen molar-refractivity contribution in [2.75, 3.05) is 0 Å². The molecule has 2 N–H and O–H groups in total. The van der Waals surface area contributed by atoms with Crippen molar-refractivity contribution in [3.63, 3.8) is 0 Å². The minimum absolute atomic E-state index is 0.119. The molecule has 136 valence electrons. The van der Waals surface area contributed by atoms with Gasteiger partial charge in [-0.2, -0.15) is 18.4 Å². The fraction of sp³-hybridized carbons (Fsp3) is 0.105. The number of carbonyl (C=O) groups excluding carboxylic acids is 1. The van der Waals surface area contributed by atoms with Gasteiger partial charge in [0.1, 0.15) is 17.3 Å². The first kappa shape index (κ1) is 18.2. The predicted octanol–water partition coefficient (Wildman–Crippen LogP) is 3.89. The molecule has 0 unspecified atom stereocenters. The quantitative estimate of drug-likeness (QED) is 0.540. The van der Waals surface area contributed by atoms with Gasteiger partial charge in [-0.15, -0.1) is 0 Å². The zero-order valence-corrected chi connectivity index (χ0v) is 13.8. The number of hydrogen-bond donors (Lipinski definition) is 2. The zero-order chi connectivity index (χ0) is 19.4. The largest absolute Gasteiger partial charge is 0.412 e. The van der Waals surface area contributed by atoms with Gasteiger partial charge in [-0.25, -0.2) is 4.98 Å². The number of rotatable bonds is 4. The maximum absolute atomic E-state index is 13.4. The normalized spacial score (nSPS) is 13.2. The molecule has 3 rings (SSSR count). The molecule has 0 radical (unpaired) electrons. The second-order valence-electron chi connectivity index (χ2n) is 5.67. The molecule has 5 nitrogen and oxygen atoms in total. The van der Waals surface area contributed by atoms with Gasteiger partial charge in [0, 0.05) is 23.3 Å². The molecule has 1 aromatic carbocycles. The summed E-state index contributed by atoms with van der Waals surface area (Å²) in [5, 5.41) is 11.8. The van der Waals surface area contributed by atoms with E-state index in [0.29, 0.717) is 16.6 Å². The minimum Gasteiger partial charge on any atom is -0.346 e. The highest BCUT2D eigenvalue weighted by atomic mass is 19.4. The molecule has 1 atom stereocenters. The molecule has 0 aliphatic rings. The van der Waals surface area contributed by atoms with Crippen LogP contribution in [0.3, 0.4) is 0 Å². The van der Waals surface area contributed by atoms with E-state index in [1.54, 1.807) is 30.5 Å². The van der Waals surface area contributed by atoms with Crippen molar-refractivity contribution in [1.29, 1.82) is 5.26 Å². The van der Waals surface area contributed by atoms with E-state index in [1.807, 2.05) is 5.32 Å². The molecule has 3 aromatic rings. The first-order chi connectivity index (χ1) is 12.9. The van der Waals surface area contributed by atoms with E-state index in [-0.39, 0.29) is 5.56 Å². The van der Waals surface area contributed by atoms with E-state index < -0.39 is 23.7 Å². The number of carbonyl (C=O) groups is 1. The number of H-pyrrole nitrogens is 1. The van der Waals surface area contributed by atoms with Gasteiger partial charge in [-0.3, -0.25) is 4.79 Å².